The molecule has 0 aliphatic heterocycles. The maximum Gasteiger partial charge on any atom is 0.488 e. The van der Waals surface area contributed by atoms with Crippen molar-refractivity contribution in [2.75, 3.05) is 19.9 Å². The molecular weight excluding hydrogens is 358 g/mol. The van der Waals surface area contributed by atoms with Crippen LogP contribution in [0.5, 0.6) is 0 Å². The van der Waals surface area contributed by atoms with Gasteiger partial charge in [0, 0.05) is 19.7 Å². The Hall–Kier alpha value is -1.71. The second-order valence-corrected chi connectivity index (χ2v) is 6.51. The van der Waals surface area contributed by atoms with Gasteiger partial charge in [0.15, 0.2) is 0 Å². The number of hydrogen-bond donors (Lipinski definition) is 6. The van der Waals surface area contributed by atoms with Crippen molar-refractivity contribution >= 4 is 25.2 Å². The van der Waals surface area contributed by atoms with Gasteiger partial charge in [-0.2, -0.15) is 0 Å². The lowest BCUT2D eigenvalue weighted by Gasteiger charge is -2.11. The summed E-state index contributed by atoms with van der Waals surface area (Å²) in [7, 11) is -2.93. The van der Waals surface area contributed by atoms with E-state index in [9.17, 15) is 20.1 Å². The number of ether oxygens (including phenoxy) is 1. The Labute approximate surface area is 166 Å². The molecule has 0 heterocycles. The fourth-order valence-electron chi connectivity index (χ4n) is 2.90. The second kappa shape index (κ2) is 12.7. The molecule has 0 radical (unpaired) electrons. The van der Waals surface area contributed by atoms with E-state index in [0.717, 1.165) is 30.5 Å². The monoisotopic (exact) mass is 386 g/mol. The summed E-state index contributed by atoms with van der Waals surface area (Å²) in [6.07, 6.45) is 1.86. The molecule has 0 aromatic heterocycles. The lowest BCUT2D eigenvalue weighted by molar-refractivity contribution is 0.112. The summed E-state index contributed by atoms with van der Waals surface area (Å²) >= 11 is 0. The minimum Gasteiger partial charge on any atom is -0.423 e. The molecule has 150 valence electrons. The first-order valence-electron chi connectivity index (χ1n) is 9.46. The van der Waals surface area contributed by atoms with Gasteiger partial charge in [0.25, 0.3) is 0 Å². The SMILES string of the molecule is OB(O)c1ccccc1CNCCCCOCNCc1ccccc1B(O)O. The topological polar surface area (TPSA) is 114 Å². The van der Waals surface area contributed by atoms with Crippen LogP contribution in [0.25, 0.3) is 0 Å². The molecule has 7 nitrogen and oxygen atoms in total. The van der Waals surface area contributed by atoms with E-state index >= 15 is 0 Å². The van der Waals surface area contributed by atoms with Crippen molar-refractivity contribution in [1.29, 1.82) is 0 Å². The number of benzene rings is 2. The summed E-state index contributed by atoms with van der Waals surface area (Å²) in [5.41, 5.74) is 2.74. The predicted molar refractivity (Wildman–Crippen MR) is 111 cm³/mol. The largest absolute Gasteiger partial charge is 0.488 e. The summed E-state index contributed by atoms with van der Waals surface area (Å²) in [6.45, 7) is 2.93. The van der Waals surface area contributed by atoms with Crippen molar-refractivity contribution in [2.45, 2.75) is 25.9 Å². The van der Waals surface area contributed by atoms with Crippen LogP contribution in [0.4, 0.5) is 0 Å². The van der Waals surface area contributed by atoms with Gasteiger partial charge in [-0.05, 0) is 41.4 Å². The van der Waals surface area contributed by atoms with Crippen molar-refractivity contribution in [1.82, 2.24) is 10.6 Å². The van der Waals surface area contributed by atoms with E-state index in [2.05, 4.69) is 10.6 Å². The Morgan fingerprint density at radius 3 is 1.82 bits per heavy atom. The van der Waals surface area contributed by atoms with Gasteiger partial charge in [-0.15, -0.1) is 0 Å². The maximum absolute atomic E-state index is 9.34. The molecule has 0 spiro atoms. The summed E-state index contributed by atoms with van der Waals surface area (Å²) < 4.78 is 5.54. The van der Waals surface area contributed by atoms with Gasteiger partial charge in [-0.3, -0.25) is 5.32 Å². The van der Waals surface area contributed by atoms with Gasteiger partial charge in [0.05, 0.1) is 6.73 Å². The molecule has 0 saturated carbocycles. The molecule has 0 unspecified atom stereocenters. The highest BCUT2D eigenvalue weighted by molar-refractivity contribution is 6.59. The highest BCUT2D eigenvalue weighted by Crippen LogP contribution is 1.98. The van der Waals surface area contributed by atoms with Crippen LogP contribution in [0.1, 0.15) is 24.0 Å². The average Bonchev–Trinajstić information content (AvgIpc) is 2.69. The fraction of sp³-hybridized carbons (Fsp3) is 0.368. The fourth-order valence-corrected chi connectivity index (χ4v) is 2.90. The van der Waals surface area contributed by atoms with Gasteiger partial charge < -0.3 is 30.1 Å². The van der Waals surface area contributed by atoms with E-state index in [0.29, 0.717) is 37.4 Å². The molecule has 0 amide bonds. The normalized spacial score (nSPS) is 10.9. The standard InChI is InChI=1S/C19H28B2N2O5/c24-20(25)18-9-3-1-7-16(18)13-22-11-5-6-12-28-15-23-14-17-8-2-4-10-19(17)21(26)27/h1-4,7-10,22-27H,5-6,11-15H2. The molecule has 0 aliphatic carbocycles. The molecule has 0 fully saturated rings. The van der Waals surface area contributed by atoms with Crippen LogP contribution in [0, 0.1) is 0 Å². The maximum atomic E-state index is 9.34. The minimum atomic E-state index is -1.47. The predicted octanol–water partition coefficient (Wildman–Crippen LogP) is -1.32. The van der Waals surface area contributed by atoms with Gasteiger partial charge in [-0.25, -0.2) is 0 Å². The Kier molecular flexibility index (Phi) is 10.2. The third-order valence-corrected chi connectivity index (χ3v) is 4.39. The Morgan fingerprint density at radius 2 is 1.25 bits per heavy atom. The molecular formula is C19H28B2N2O5. The quantitative estimate of drug-likeness (QED) is 0.144. The van der Waals surface area contributed by atoms with Gasteiger partial charge in [0.1, 0.15) is 0 Å². The van der Waals surface area contributed by atoms with Gasteiger partial charge in [0.2, 0.25) is 0 Å². The van der Waals surface area contributed by atoms with Gasteiger partial charge >= 0.3 is 14.2 Å². The Balaban J connectivity index is 1.52. The molecule has 2 aromatic rings. The number of hydrogen-bond acceptors (Lipinski definition) is 7. The van der Waals surface area contributed by atoms with Crippen LogP contribution in [0.3, 0.4) is 0 Å². The number of unbranched alkanes of at least 4 members (excludes halogenated alkanes) is 1. The van der Waals surface area contributed by atoms with Crippen LogP contribution in [0.15, 0.2) is 48.5 Å². The zero-order valence-corrected chi connectivity index (χ0v) is 15.9. The molecule has 2 aromatic carbocycles. The van der Waals surface area contributed by atoms with E-state index < -0.39 is 14.2 Å². The molecule has 0 aliphatic rings. The third-order valence-electron chi connectivity index (χ3n) is 4.39. The molecule has 0 saturated heterocycles. The smallest absolute Gasteiger partial charge is 0.423 e. The number of nitrogens with one attached hydrogen (secondary N) is 2. The van der Waals surface area contributed by atoms with Crippen molar-refractivity contribution in [3.63, 3.8) is 0 Å². The molecule has 28 heavy (non-hydrogen) atoms. The Morgan fingerprint density at radius 1 is 0.714 bits per heavy atom. The van der Waals surface area contributed by atoms with E-state index in [1.54, 1.807) is 24.3 Å². The zero-order valence-electron chi connectivity index (χ0n) is 15.9. The van der Waals surface area contributed by atoms with E-state index in [1.807, 2.05) is 24.3 Å². The van der Waals surface area contributed by atoms with Crippen molar-refractivity contribution in [3.8, 4) is 0 Å². The van der Waals surface area contributed by atoms with Crippen LogP contribution in [-0.4, -0.2) is 54.2 Å². The molecule has 6 N–H and O–H groups in total. The average molecular weight is 386 g/mol. The lowest BCUT2D eigenvalue weighted by Crippen LogP contribution is -2.35. The first-order valence-corrected chi connectivity index (χ1v) is 9.46. The first-order chi connectivity index (χ1) is 13.6. The van der Waals surface area contributed by atoms with Crippen LogP contribution in [-0.2, 0) is 17.8 Å². The summed E-state index contributed by atoms with van der Waals surface area (Å²) in [6, 6.07) is 14.4. The van der Waals surface area contributed by atoms with Crippen LogP contribution >= 0.6 is 0 Å². The minimum absolute atomic E-state index is 0.394. The highest BCUT2D eigenvalue weighted by Gasteiger charge is 2.15. The van der Waals surface area contributed by atoms with E-state index in [4.69, 9.17) is 4.74 Å². The van der Waals surface area contributed by atoms with E-state index in [1.165, 1.54) is 0 Å². The molecule has 2 rings (SSSR count). The zero-order chi connectivity index (χ0) is 20.2. The molecule has 0 atom stereocenters. The van der Waals surface area contributed by atoms with Crippen molar-refractivity contribution in [2.24, 2.45) is 0 Å². The second-order valence-electron chi connectivity index (χ2n) is 6.51. The Bertz CT molecular complexity index is 644. The van der Waals surface area contributed by atoms with Gasteiger partial charge in [-0.1, -0.05) is 48.5 Å². The first kappa shape index (κ1) is 22.6. The molecule has 0 bridgehead atoms. The van der Waals surface area contributed by atoms with Crippen molar-refractivity contribution < 1.29 is 24.8 Å². The summed E-state index contributed by atoms with van der Waals surface area (Å²) in [5, 5.41) is 43.8. The summed E-state index contributed by atoms with van der Waals surface area (Å²) in [4.78, 5) is 0. The van der Waals surface area contributed by atoms with Crippen molar-refractivity contribution in [3.05, 3.63) is 59.7 Å². The van der Waals surface area contributed by atoms with E-state index in [-0.39, 0.29) is 0 Å². The number of rotatable bonds is 13. The lowest BCUT2D eigenvalue weighted by atomic mass is 9.77. The van der Waals surface area contributed by atoms with Crippen LogP contribution < -0.4 is 21.6 Å². The van der Waals surface area contributed by atoms with Crippen LogP contribution in [0.2, 0.25) is 0 Å². The third kappa shape index (κ3) is 7.73. The highest BCUT2D eigenvalue weighted by atomic mass is 16.5. The molecule has 9 heteroatoms. The summed E-state index contributed by atoms with van der Waals surface area (Å²) in [5.74, 6) is 0.